The van der Waals surface area contributed by atoms with Gasteiger partial charge in [-0.15, -0.1) is 0 Å². The Balaban J connectivity index is 1.89. The minimum absolute atomic E-state index is 0.0164. The Labute approximate surface area is 160 Å². The number of nitrogens with one attached hydrogen (secondary N) is 3. The first-order valence-electron chi connectivity index (χ1n) is 9.24. The fourth-order valence-corrected chi connectivity index (χ4v) is 3.03. The van der Waals surface area contributed by atoms with Gasteiger partial charge in [-0.3, -0.25) is 9.79 Å². The Morgan fingerprint density at radius 2 is 1.85 bits per heavy atom. The van der Waals surface area contributed by atoms with Crippen molar-refractivity contribution in [3.63, 3.8) is 0 Å². The summed E-state index contributed by atoms with van der Waals surface area (Å²) in [5.41, 5.74) is 1.52. The highest BCUT2D eigenvalue weighted by atomic mass is 16.3. The largest absolute Gasteiger partial charge is 0.393 e. The van der Waals surface area contributed by atoms with E-state index in [0.29, 0.717) is 25.1 Å². The van der Waals surface area contributed by atoms with E-state index in [4.69, 9.17) is 0 Å². The summed E-state index contributed by atoms with van der Waals surface area (Å²) in [5.74, 6) is -0.324. The van der Waals surface area contributed by atoms with Gasteiger partial charge in [0.15, 0.2) is 0 Å². The number of benzene rings is 1. The van der Waals surface area contributed by atoms with E-state index in [-0.39, 0.29) is 23.8 Å². The van der Waals surface area contributed by atoms with Crippen LogP contribution in [0.2, 0.25) is 0 Å². The summed E-state index contributed by atoms with van der Waals surface area (Å²) in [7, 11) is 1.52. The highest BCUT2D eigenvalue weighted by molar-refractivity contribution is 6.45. The van der Waals surface area contributed by atoms with Gasteiger partial charge in [-0.2, -0.15) is 0 Å². The quantitative estimate of drug-likeness (QED) is 0.573. The molecule has 146 valence electrons. The van der Waals surface area contributed by atoms with Crippen LogP contribution >= 0.6 is 0 Å². The summed E-state index contributed by atoms with van der Waals surface area (Å²) in [4.78, 5) is 28.8. The lowest BCUT2D eigenvalue weighted by atomic mass is 9.93. The molecule has 27 heavy (non-hydrogen) atoms. The maximum atomic E-state index is 12.6. The number of urea groups is 1. The Morgan fingerprint density at radius 3 is 2.44 bits per heavy atom. The van der Waals surface area contributed by atoms with Crippen LogP contribution in [0.1, 0.15) is 38.2 Å². The van der Waals surface area contributed by atoms with E-state index < -0.39 is 6.03 Å². The number of aliphatic hydroxyl groups excluding tert-OH is 1. The minimum atomic E-state index is -0.401. The number of allylic oxidation sites excluding steroid dienone is 1. The highest BCUT2D eigenvalue weighted by Crippen LogP contribution is 2.18. The number of hydrogen-bond donors (Lipinski definition) is 4. The number of nitrogens with zero attached hydrogens (tertiary/aromatic N) is 1. The van der Waals surface area contributed by atoms with Crippen molar-refractivity contribution in [1.29, 1.82) is 0 Å². The maximum absolute atomic E-state index is 12.6. The number of hydrogen-bond acceptors (Lipinski definition) is 4. The van der Waals surface area contributed by atoms with Crippen molar-refractivity contribution >= 4 is 17.6 Å². The third-order valence-corrected chi connectivity index (χ3v) is 4.56. The zero-order chi connectivity index (χ0) is 19.6. The molecule has 1 saturated carbocycles. The van der Waals surface area contributed by atoms with Gasteiger partial charge in [-0.25, -0.2) is 4.79 Å². The molecule has 1 aliphatic rings. The van der Waals surface area contributed by atoms with Crippen molar-refractivity contribution in [2.24, 2.45) is 4.99 Å². The molecule has 0 bridgehead atoms. The lowest BCUT2D eigenvalue weighted by molar-refractivity contribution is -0.115. The lowest BCUT2D eigenvalue weighted by Gasteiger charge is -2.26. The number of carbonyl (C=O) groups is 2. The Morgan fingerprint density at radius 1 is 1.19 bits per heavy atom. The van der Waals surface area contributed by atoms with E-state index in [9.17, 15) is 14.7 Å². The van der Waals surface area contributed by atoms with E-state index in [1.165, 1.54) is 7.05 Å². The molecule has 1 aromatic carbocycles. The third-order valence-electron chi connectivity index (χ3n) is 4.56. The van der Waals surface area contributed by atoms with Crippen molar-refractivity contribution in [2.45, 2.75) is 51.3 Å². The SMILES string of the molecule is C/C=C(/NC(=O)NCc1ccccc1)C(=NC)C(=O)NC1CCC(O)CC1. The van der Waals surface area contributed by atoms with Crippen LogP contribution in [0, 0.1) is 0 Å². The Kier molecular flexibility index (Phi) is 8.00. The topological polar surface area (TPSA) is 103 Å². The van der Waals surface area contributed by atoms with Crippen LogP contribution in [0.4, 0.5) is 4.79 Å². The Bertz CT molecular complexity index is 692. The Hall–Kier alpha value is -2.67. The molecule has 4 N–H and O–H groups in total. The van der Waals surface area contributed by atoms with Gasteiger partial charge in [0.25, 0.3) is 5.91 Å². The molecule has 3 amide bonds. The normalized spacial score (nSPS) is 20.7. The van der Waals surface area contributed by atoms with Crippen LogP contribution in [0.3, 0.4) is 0 Å². The van der Waals surface area contributed by atoms with Gasteiger partial charge in [-0.1, -0.05) is 36.4 Å². The molecule has 0 radical (unpaired) electrons. The number of carbonyl (C=O) groups excluding carboxylic acids is 2. The number of aliphatic hydroxyl groups is 1. The predicted molar refractivity (Wildman–Crippen MR) is 105 cm³/mol. The van der Waals surface area contributed by atoms with E-state index in [1.54, 1.807) is 13.0 Å². The molecule has 1 aromatic rings. The van der Waals surface area contributed by atoms with E-state index in [2.05, 4.69) is 20.9 Å². The fraction of sp³-hybridized carbons (Fsp3) is 0.450. The van der Waals surface area contributed by atoms with Gasteiger partial charge < -0.3 is 21.1 Å². The zero-order valence-electron chi connectivity index (χ0n) is 15.9. The number of rotatable bonds is 6. The van der Waals surface area contributed by atoms with Crippen LogP contribution in [0.15, 0.2) is 47.1 Å². The van der Waals surface area contributed by atoms with Crippen LogP contribution < -0.4 is 16.0 Å². The van der Waals surface area contributed by atoms with E-state index in [0.717, 1.165) is 18.4 Å². The molecule has 1 fully saturated rings. The highest BCUT2D eigenvalue weighted by Gasteiger charge is 2.24. The average molecular weight is 372 g/mol. The van der Waals surface area contributed by atoms with Gasteiger partial charge in [0.1, 0.15) is 5.71 Å². The summed E-state index contributed by atoms with van der Waals surface area (Å²) in [6, 6.07) is 9.18. The van der Waals surface area contributed by atoms with Crippen molar-refractivity contribution in [1.82, 2.24) is 16.0 Å². The second kappa shape index (κ2) is 10.5. The molecule has 2 rings (SSSR count). The van der Waals surface area contributed by atoms with Gasteiger partial charge in [0.2, 0.25) is 0 Å². The summed E-state index contributed by atoms with van der Waals surface area (Å²) in [5, 5.41) is 18.0. The lowest BCUT2D eigenvalue weighted by Crippen LogP contribution is -2.45. The number of aliphatic imine (C=N–C) groups is 1. The molecule has 0 spiro atoms. The average Bonchev–Trinajstić information content (AvgIpc) is 2.68. The smallest absolute Gasteiger partial charge is 0.319 e. The first-order valence-corrected chi connectivity index (χ1v) is 9.24. The van der Waals surface area contributed by atoms with E-state index >= 15 is 0 Å². The molecule has 1 aliphatic carbocycles. The molecule has 7 nitrogen and oxygen atoms in total. The van der Waals surface area contributed by atoms with Crippen molar-refractivity contribution < 1.29 is 14.7 Å². The second-order valence-electron chi connectivity index (χ2n) is 6.55. The standard InChI is InChI=1S/C20H28N4O3/c1-3-17(24-20(27)22-13-14-7-5-4-6-8-14)18(21-2)19(26)23-15-9-11-16(25)12-10-15/h3-8,15-16,25H,9-13H2,1-2H3,(H,23,26)(H2,22,24,27)/b17-3+,21-18?. The minimum Gasteiger partial charge on any atom is -0.393 e. The zero-order valence-corrected chi connectivity index (χ0v) is 15.9. The molecular weight excluding hydrogens is 344 g/mol. The summed E-state index contributed by atoms with van der Waals surface area (Å²) >= 11 is 0. The van der Waals surface area contributed by atoms with Gasteiger partial charge in [-0.05, 0) is 38.2 Å². The molecule has 0 atom stereocenters. The van der Waals surface area contributed by atoms with Crippen molar-refractivity contribution in [3.8, 4) is 0 Å². The first-order chi connectivity index (χ1) is 13.0. The molecule has 0 aliphatic heterocycles. The van der Waals surface area contributed by atoms with Crippen molar-refractivity contribution in [3.05, 3.63) is 47.7 Å². The van der Waals surface area contributed by atoms with Gasteiger partial charge in [0, 0.05) is 19.6 Å². The predicted octanol–water partition coefficient (Wildman–Crippen LogP) is 1.88. The summed E-state index contributed by atoms with van der Waals surface area (Å²) in [6.07, 6.45) is 4.20. The third kappa shape index (κ3) is 6.53. The van der Waals surface area contributed by atoms with Crippen molar-refractivity contribution in [2.75, 3.05) is 7.05 Å². The van der Waals surface area contributed by atoms with E-state index in [1.807, 2.05) is 30.3 Å². The molecule has 0 aromatic heterocycles. The monoisotopic (exact) mass is 372 g/mol. The molecule has 0 saturated heterocycles. The van der Waals surface area contributed by atoms with Crippen LogP contribution in [-0.2, 0) is 11.3 Å². The van der Waals surface area contributed by atoms with Gasteiger partial charge >= 0.3 is 6.03 Å². The summed E-state index contributed by atoms with van der Waals surface area (Å²) in [6.45, 7) is 2.13. The first kappa shape index (κ1) is 20.6. The summed E-state index contributed by atoms with van der Waals surface area (Å²) < 4.78 is 0. The fourth-order valence-electron chi connectivity index (χ4n) is 3.03. The number of amides is 3. The van der Waals surface area contributed by atoms with Crippen LogP contribution in [0.5, 0.6) is 0 Å². The van der Waals surface area contributed by atoms with Crippen LogP contribution in [-0.4, -0.2) is 41.9 Å². The molecular formula is C20H28N4O3. The second-order valence-corrected chi connectivity index (χ2v) is 6.55. The van der Waals surface area contributed by atoms with Gasteiger partial charge in [0.05, 0.1) is 11.8 Å². The molecule has 0 unspecified atom stereocenters. The van der Waals surface area contributed by atoms with Crippen LogP contribution in [0.25, 0.3) is 0 Å². The maximum Gasteiger partial charge on any atom is 0.319 e. The molecule has 7 heteroatoms. The molecule has 0 heterocycles.